The van der Waals surface area contributed by atoms with Crippen molar-refractivity contribution in [1.82, 2.24) is 0 Å². The van der Waals surface area contributed by atoms with Gasteiger partial charge in [0.2, 0.25) is 0 Å². The Hall–Kier alpha value is 0.297. The molecule has 0 radical (unpaired) electrons. The second-order valence-electron chi connectivity index (χ2n) is 7.75. The van der Waals surface area contributed by atoms with E-state index in [2.05, 4.69) is 6.58 Å². The number of carbonyl (C=O) groups excluding carboxylic acids is 1. The number of ether oxygens (including phenoxy) is 1. The summed E-state index contributed by atoms with van der Waals surface area (Å²) in [6.45, 7) is 3.91. The number of esters is 1. The van der Waals surface area contributed by atoms with Gasteiger partial charge in [0.1, 0.15) is 0 Å². The van der Waals surface area contributed by atoms with Crippen molar-refractivity contribution in [3.63, 3.8) is 0 Å². The Bertz CT molecular complexity index is 373. The van der Waals surface area contributed by atoms with Crippen LogP contribution in [0.3, 0.4) is 0 Å². The Labute approximate surface area is 188 Å². The van der Waals surface area contributed by atoms with Gasteiger partial charge < -0.3 is 4.74 Å². The van der Waals surface area contributed by atoms with Crippen LogP contribution in [0.25, 0.3) is 0 Å². The maximum absolute atomic E-state index is 10.9. The van der Waals surface area contributed by atoms with E-state index < -0.39 is 6.00 Å². The molecule has 166 valence electrons. The van der Waals surface area contributed by atoms with Crippen LogP contribution in [-0.2, 0) is 9.53 Å². The summed E-state index contributed by atoms with van der Waals surface area (Å²) in [4.78, 5) is 10.9. The molecule has 6 heteroatoms. The van der Waals surface area contributed by atoms with E-state index in [-0.39, 0.29) is 5.97 Å². The minimum absolute atomic E-state index is 0.310. The van der Waals surface area contributed by atoms with Crippen LogP contribution < -0.4 is 0 Å². The van der Waals surface area contributed by atoms with Crippen LogP contribution >= 0.6 is 33.2 Å². The molecule has 0 amide bonds. The van der Waals surface area contributed by atoms with Crippen LogP contribution in [0.4, 0.5) is 0 Å². The van der Waals surface area contributed by atoms with Crippen molar-refractivity contribution >= 4 is 45.2 Å². The number of carbonyl (C=O) groups is 1. The van der Waals surface area contributed by atoms with E-state index >= 15 is 0 Å². The lowest BCUT2D eigenvalue weighted by Gasteiger charge is -2.07. The summed E-state index contributed by atoms with van der Waals surface area (Å²) < 4.78 is 4.96. The van der Waals surface area contributed by atoms with E-state index in [0.29, 0.717) is 6.61 Å². The molecule has 0 unspecified atom stereocenters. The molecule has 0 aliphatic carbocycles. The van der Waals surface area contributed by atoms with Crippen LogP contribution in [0, 0.1) is 0 Å². The highest BCUT2D eigenvalue weighted by atomic mass is 35.8. The maximum Gasteiger partial charge on any atom is 0.341 e. The zero-order valence-electron chi connectivity index (χ0n) is 17.7. The fourth-order valence-corrected chi connectivity index (χ4v) is 5.16. The lowest BCUT2D eigenvalue weighted by molar-refractivity contribution is -0.137. The largest absolute Gasteiger partial charge is 0.463 e. The Morgan fingerprint density at radius 3 is 1.29 bits per heavy atom. The minimum atomic E-state index is -2.38. The Morgan fingerprint density at radius 2 is 0.964 bits per heavy atom. The topological polar surface area (TPSA) is 26.3 Å². The third-order valence-corrected chi connectivity index (χ3v) is 7.64. The summed E-state index contributed by atoms with van der Waals surface area (Å²) in [6.07, 6.45) is 23.2. The molecule has 0 aliphatic rings. The molecular formula is C22H41Cl3O2Si. The minimum Gasteiger partial charge on any atom is -0.463 e. The Morgan fingerprint density at radius 1 is 0.643 bits per heavy atom. The SMILES string of the molecule is C=CC(=O)OCCCCCCCCCCCCCCCCCCC[Si](Cl)(Cl)Cl. The van der Waals surface area contributed by atoms with E-state index in [1.165, 1.54) is 96.0 Å². The van der Waals surface area contributed by atoms with Crippen molar-refractivity contribution in [2.45, 2.75) is 115 Å². The zero-order valence-corrected chi connectivity index (χ0v) is 20.9. The van der Waals surface area contributed by atoms with E-state index in [1.807, 2.05) is 0 Å². The first-order valence-electron chi connectivity index (χ1n) is 11.3. The predicted molar refractivity (Wildman–Crippen MR) is 128 cm³/mol. The second kappa shape index (κ2) is 20.6. The average Bonchev–Trinajstić information content (AvgIpc) is 2.65. The van der Waals surface area contributed by atoms with Gasteiger partial charge in [-0.05, 0) is 12.5 Å². The monoisotopic (exact) mass is 470 g/mol. The van der Waals surface area contributed by atoms with Gasteiger partial charge in [-0.1, -0.05) is 109 Å². The molecule has 0 aliphatic heterocycles. The van der Waals surface area contributed by atoms with Crippen LogP contribution in [0.15, 0.2) is 12.7 Å². The fourth-order valence-electron chi connectivity index (χ4n) is 3.31. The molecule has 28 heavy (non-hydrogen) atoms. The first-order valence-corrected chi connectivity index (χ1v) is 16.6. The van der Waals surface area contributed by atoms with E-state index in [9.17, 15) is 4.79 Å². The molecule has 0 bridgehead atoms. The Kier molecular flexibility index (Phi) is 20.8. The van der Waals surface area contributed by atoms with Crippen LogP contribution in [0.5, 0.6) is 0 Å². The number of unbranched alkanes of at least 4 members (excludes halogenated alkanes) is 16. The van der Waals surface area contributed by atoms with Crippen LogP contribution in [-0.4, -0.2) is 18.6 Å². The summed E-state index contributed by atoms with van der Waals surface area (Å²) in [7, 11) is 0. The molecule has 0 atom stereocenters. The van der Waals surface area contributed by atoms with Gasteiger partial charge in [-0.15, -0.1) is 33.2 Å². The third-order valence-electron chi connectivity index (χ3n) is 5.02. The molecular weight excluding hydrogens is 431 g/mol. The van der Waals surface area contributed by atoms with Gasteiger partial charge in [-0.3, -0.25) is 0 Å². The van der Waals surface area contributed by atoms with E-state index in [1.54, 1.807) is 0 Å². The summed E-state index contributed by atoms with van der Waals surface area (Å²) in [5.41, 5.74) is 0. The number of hydrogen-bond acceptors (Lipinski definition) is 2. The van der Waals surface area contributed by atoms with Crippen LogP contribution in [0.1, 0.15) is 109 Å². The first-order chi connectivity index (χ1) is 13.5. The van der Waals surface area contributed by atoms with E-state index in [0.717, 1.165) is 25.3 Å². The smallest absolute Gasteiger partial charge is 0.341 e. The lowest BCUT2D eigenvalue weighted by Crippen LogP contribution is -2.07. The van der Waals surface area contributed by atoms with Gasteiger partial charge in [-0.25, -0.2) is 4.79 Å². The summed E-state index contributed by atoms with van der Waals surface area (Å²) in [6, 6.07) is -1.56. The second-order valence-corrected chi connectivity index (χ2v) is 17.0. The van der Waals surface area contributed by atoms with Gasteiger partial charge in [0, 0.05) is 6.08 Å². The molecule has 0 spiro atoms. The predicted octanol–water partition coefficient (Wildman–Crippen LogP) is 9.00. The molecule has 0 saturated heterocycles. The molecule has 0 fully saturated rings. The van der Waals surface area contributed by atoms with Crippen molar-refractivity contribution < 1.29 is 9.53 Å². The highest BCUT2D eigenvalue weighted by Crippen LogP contribution is 2.27. The van der Waals surface area contributed by atoms with Crippen molar-refractivity contribution in [2.24, 2.45) is 0 Å². The molecule has 0 saturated carbocycles. The van der Waals surface area contributed by atoms with E-state index in [4.69, 9.17) is 38.0 Å². The number of hydrogen-bond donors (Lipinski definition) is 0. The van der Waals surface area contributed by atoms with Gasteiger partial charge in [-0.2, -0.15) is 0 Å². The third kappa shape index (κ3) is 24.3. The lowest BCUT2D eigenvalue weighted by atomic mass is 10.0. The van der Waals surface area contributed by atoms with Crippen molar-refractivity contribution in [3.8, 4) is 0 Å². The van der Waals surface area contributed by atoms with Gasteiger partial charge in [0.25, 0.3) is 0 Å². The molecule has 2 nitrogen and oxygen atoms in total. The molecule has 0 N–H and O–H groups in total. The summed E-state index contributed by atoms with van der Waals surface area (Å²) in [5, 5.41) is 0. The molecule has 0 aromatic rings. The summed E-state index contributed by atoms with van der Waals surface area (Å²) >= 11 is 17.6. The summed E-state index contributed by atoms with van der Waals surface area (Å²) in [5.74, 6) is -0.310. The van der Waals surface area contributed by atoms with Gasteiger partial charge in [0.05, 0.1) is 6.61 Å². The number of halogens is 3. The van der Waals surface area contributed by atoms with Crippen molar-refractivity contribution in [2.75, 3.05) is 6.61 Å². The zero-order chi connectivity index (χ0) is 20.9. The molecule has 0 heterocycles. The Balaban J connectivity index is 3.07. The first kappa shape index (κ1) is 28.3. The normalized spacial score (nSPS) is 11.5. The molecule has 0 aromatic heterocycles. The standard InChI is InChI=1S/C22H41Cl3O2Si/c1-2-22(26)27-20-18-16-14-12-10-8-6-4-3-5-7-9-11-13-15-17-19-21-28(23,24)25/h2H,1,3-21H2. The highest BCUT2D eigenvalue weighted by Gasteiger charge is 2.23. The fraction of sp³-hybridized carbons (Fsp3) is 0.864. The van der Waals surface area contributed by atoms with Crippen LogP contribution in [0.2, 0.25) is 6.04 Å². The van der Waals surface area contributed by atoms with Gasteiger partial charge in [0.15, 0.2) is 0 Å². The quantitative estimate of drug-likeness (QED) is 0.0548. The molecule has 0 rings (SSSR count). The highest BCUT2D eigenvalue weighted by molar-refractivity contribution is 7.64. The van der Waals surface area contributed by atoms with Crippen molar-refractivity contribution in [3.05, 3.63) is 12.7 Å². The number of rotatable bonds is 21. The average molecular weight is 472 g/mol. The maximum atomic E-state index is 10.9. The van der Waals surface area contributed by atoms with Crippen molar-refractivity contribution in [1.29, 1.82) is 0 Å². The molecule has 0 aromatic carbocycles. The van der Waals surface area contributed by atoms with Gasteiger partial charge >= 0.3 is 12.0 Å².